The molecule has 0 spiro atoms. The van der Waals surface area contributed by atoms with Crippen LogP contribution in [0.3, 0.4) is 0 Å². The van der Waals surface area contributed by atoms with Crippen molar-refractivity contribution in [2.45, 2.75) is 38.0 Å². The highest BCUT2D eigenvalue weighted by molar-refractivity contribution is 5.78. The summed E-state index contributed by atoms with van der Waals surface area (Å²) in [5.41, 5.74) is 1.03. The lowest BCUT2D eigenvalue weighted by molar-refractivity contribution is -0.137. The summed E-state index contributed by atoms with van der Waals surface area (Å²) in [6, 6.07) is 7.83. The number of amides is 1. The average molecular weight is 305 g/mol. The fraction of sp³-hybridized carbons (Fsp3) is 0.588. The molecule has 0 aromatic heterocycles. The summed E-state index contributed by atoms with van der Waals surface area (Å²) < 4.78 is 17.1. The van der Waals surface area contributed by atoms with Gasteiger partial charge in [-0.15, -0.1) is 0 Å². The van der Waals surface area contributed by atoms with Gasteiger partial charge in [-0.3, -0.25) is 4.79 Å². The number of hydrogen-bond donors (Lipinski definition) is 0. The van der Waals surface area contributed by atoms with Gasteiger partial charge in [0.05, 0.1) is 18.8 Å². The molecule has 2 aliphatic rings. The van der Waals surface area contributed by atoms with Crippen molar-refractivity contribution in [2.75, 3.05) is 26.9 Å². The second kappa shape index (κ2) is 6.67. The first kappa shape index (κ1) is 15.3. The number of aryl methyl sites for hydroxylation is 1. The zero-order valence-corrected chi connectivity index (χ0v) is 13.2. The topological polar surface area (TPSA) is 48.0 Å². The van der Waals surface area contributed by atoms with Gasteiger partial charge in [-0.05, 0) is 31.4 Å². The lowest BCUT2D eigenvalue weighted by Crippen LogP contribution is -2.47. The Hall–Kier alpha value is -1.59. The average Bonchev–Trinajstić information content (AvgIpc) is 2.81. The predicted molar refractivity (Wildman–Crippen MR) is 81.9 cm³/mol. The molecule has 5 heteroatoms. The van der Waals surface area contributed by atoms with Crippen LogP contribution in [-0.2, 0) is 14.3 Å². The van der Waals surface area contributed by atoms with Crippen LogP contribution in [0.15, 0.2) is 24.3 Å². The van der Waals surface area contributed by atoms with Crippen LogP contribution in [0.2, 0.25) is 0 Å². The Balaban J connectivity index is 1.65. The normalized spacial score (nSPS) is 27.5. The van der Waals surface area contributed by atoms with E-state index in [1.807, 2.05) is 36.1 Å². The molecule has 1 saturated carbocycles. The number of ether oxygens (including phenoxy) is 3. The highest BCUT2D eigenvalue weighted by atomic mass is 16.5. The van der Waals surface area contributed by atoms with Gasteiger partial charge in [0, 0.05) is 13.7 Å². The van der Waals surface area contributed by atoms with Crippen LogP contribution in [0.1, 0.15) is 18.4 Å². The highest BCUT2D eigenvalue weighted by Crippen LogP contribution is 2.31. The molecule has 1 aliphatic heterocycles. The van der Waals surface area contributed by atoms with E-state index in [9.17, 15) is 4.79 Å². The van der Waals surface area contributed by atoms with Gasteiger partial charge in [0.25, 0.3) is 5.91 Å². The van der Waals surface area contributed by atoms with Gasteiger partial charge < -0.3 is 19.1 Å². The summed E-state index contributed by atoms with van der Waals surface area (Å²) >= 11 is 0. The van der Waals surface area contributed by atoms with Crippen molar-refractivity contribution in [3.05, 3.63) is 29.8 Å². The Morgan fingerprint density at radius 1 is 1.36 bits per heavy atom. The number of carbonyl (C=O) groups excluding carboxylic acids is 1. The first-order chi connectivity index (χ1) is 10.7. The van der Waals surface area contributed by atoms with E-state index >= 15 is 0 Å². The number of para-hydroxylation sites is 1. The quantitative estimate of drug-likeness (QED) is 0.851. The van der Waals surface area contributed by atoms with E-state index in [-0.39, 0.29) is 30.8 Å². The number of carbonyl (C=O) groups is 1. The third kappa shape index (κ3) is 2.96. The lowest BCUT2D eigenvalue weighted by atomic mass is 10.1. The van der Waals surface area contributed by atoms with Gasteiger partial charge in [0.1, 0.15) is 11.9 Å². The van der Waals surface area contributed by atoms with E-state index in [1.54, 1.807) is 7.11 Å². The van der Waals surface area contributed by atoms with E-state index in [2.05, 4.69) is 0 Å². The van der Waals surface area contributed by atoms with Gasteiger partial charge in [0.2, 0.25) is 0 Å². The first-order valence-electron chi connectivity index (χ1n) is 7.83. The molecule has 2 bridgehead atoms. The van der Waals surface area contributed by atoms with Gasteiger partial charge in [-0.2, -0.15) is 0 Å². The van der Waals surface area contributed by atoms with Crippen molar-refractivity contribution in [2.24, 2.45) is 0 Å². The molecule has 3 unspecified atom stereocenters. The number of hydrogen-bond acceptors (Lipinski definition) is 4. The van der Waals surface area contributed by atoms with Gasteiger partial charge in [-0.25, -0.2) is 0 Å². The van der Waals surface area contributed by atoms with E-state index in [1.165, 1.54) is 0 Å². The zero-order chi connectivity index (χ0) is 15.5. The molecule has 0 radical (unpaired) electrons. The number of fused-ring (bicyclic) bond motifs is 2. The summed E-state index contributed by atoms with van der Waals surface area (Å²) in [5.74, 6) is 0.760. The smallest absolute Gasteiger partial charge is 0.260 e. The minimum absolute atomic E-state index is 0.00135. The van der Waals surface area contributed by atoms with Gasteiger partial charge in [0.15, 0.2) is 6.61 Å². The number of rotatable bonds is 4. The fourth-order valence-corrected chi connectivity index (χ4v) is 3.45. The molecule has 1 heterocycles. The van der Waals surface area contributed by atoms with Crippen LogP contribution in [0.5, 0.6) is 5.75 Å². The summed E-state index contributed by atoms with van der Waals surface area (Å²) in [6.07, 6.45) is 1.97. The standard InChI is InChI=1S/C17H23NO4/c1-12-5-3-4-6-14(12)22-11-16(19)18-9-10-21-15-8-7-13(18)17(15)20-2/h3-6,13,15,17H,7-11H2,1-2H3. The molecule has 3 atom stereocenters. The second-order valence-electron chi connectivity index (χ2n) is 5.90. The fourth-order valence-electron chi connectivity index (χ4n) is 3.45. The summed E-state index contributed by atoms with van der Waals surface area (Å²) in [4.78, 5) is 14.4. The lowest BCUT2D eigenvalue weighted by Gasteiger charge is -2.30. The first-order valence-corrected chi connectivity index (χ1v) is 7.83. The van der Waals surface area contributed by atoms with Crippen LogP contribution in [0.4, 0.5) is 0 Å². The minimum Gasteiger partial charge on any atom is -0.484 e. The maximum absolute atomic E-state index is 12.6. The SMILES string of the molecule is COC1C2CCC1N(C(=O)COc1ccccc1C)CCO2. The third-order valence-electron chi connectivity index (χ3n) is 4.59. The Kier molecular flexibility index (Phi) is 4.64. The number of nitrogens with zero attached hydrogens (tertiary/aromatic N) is 1. The summed E-state index contributed by atoms with van der Waals surface area (Å²) in [7, 11) is 1.69. The Labute approximate surface area is 131 Å². The van der Waals surface area contributed by atoms with E-state index < -0.39 is 0 Å². The van der Waals surface area contributed by atoms with Crippen molar-refractivity contribution in [1.29, 1.82) is 0 Å². The molecule has 0 N–H and O–H groups in total. The van der Waals surface area contributed by atoms with Crippen molar-refractivity contribution < 1.29 is 19.0 Å². The predicted octanol–water partition coefficient (Wildman–Crippen LogP) is 1.78. The van der Waals surface area contributed by atoms with E-state index in [0.717, 1.165) is 24.2 Å². The third-order valence-corrected chi connectivity index (χ3v) is 4.59. The summed E-state index contributed by atoms with van der Waals surface area (Å²) in [5, 5.41) is 0. The molecule has 1 saturated heterocycles. The van der Waals surface area contributed by atoms with Crippen molar-refractivity contribution in [3.63, 3.8) is 0 Å². The molecule has 120 valence electrons. The van der Waals surface area contributed by atoms with E-state index in [4.69, 9.17) is 14.2 Å². The molecular formula is C17H23NO4. The molecule has 1 aliphatic carbocycles. The van der Waals surface area contributed by atoms with Crippen LogP contribution < -0.4 is 4.74 Å². The maximum atomic E-state index is 12.6. The van der Waals surface area contributed by atoms with Crippen LogP contribution >= 0.6 is 0 Å². The molecule has 1 aromatic carbocycles. The minimum atomic E-state index is -0.0232. The van der Waals surface area contributed by atoms with Crippen LogP contribution in [0, 0.1) is 6.92 Å². The second-order valence-corrected chi connectivity index (χ2v) is 5.90. The van der Waals surface area contributed by atoms with Crippen molar-refractivity contribution in [1.82, 2.24) is 4.90 Å². The molecule has 1 amide bonds. The monoisotopic (exact) mass is 305 g/mol. The Bertz CT molecular complexity index is 533. The van der Waals surface area contributed by atoms with Crippen LogP contribution in [-0.4, -0.2) is 55.9 Å². The van der Waals surface area contributed by atoms with Crippen molar-refractivity contribution in [3.8, 4) is 5.75 Å². The van der Waals surface area contributed by atoms with Crippen molar-refractivity contribution >= 4 is 5.91 Å². The molecule has 22 heavy (non-hydrogen) atoms. The number of methoxy groups -OCH3 is 1. The summed E-state index contributed by atoms with van der Waals surface area (Å²) in [6.45, 7) is 3.21. The van der Waals surface area contributed by atoms with E-state index in [0.29, 0.717) is 13.2 Å². The molecular weight excluding hydrogens is 282 g/mol. The molecule has 5 nitrogen and oxygen atoms in total. The highest BCUT2D eigenvalue weighted by Gasteiger charge is 2.44. The Morgan fingerprint density at radius 3 is 2.95 bits per heavy atom. The van der Waals surface area contributed by atoms with Crippen LogP contribution in [0.25, 0.3) is 0 Å². The maximum Gasteiger partial charge on any atom is 0.260 e. The van der Waals surface area contributed by atoms with Gasteiger partial charge >= 0.3 is 0 Å². The number of benzene rings is 1. The molecule has 1 aromatic rings. The largest absolute Gasteiger partial charge is 0.484 e. The van der Waals surface area contributed by atoms with Gasteiger partial charge in [-0.1, -0.05) is 18.2 Å². The zero-order valence-electron chi connectivity index (χ0n) is 13.2. The Morgan fingerprint density at radius 2 is 2.18 bits per heavy atom. The molecule has 3 rings (SSSR count). The molecule has 2 fully saturated rings.